The summed E-state index contributed by atoms with van der Waals surface area (Å²) in [6.45, 7) is 5.48. The Bertz CT molecular complexity index is 667. The van der Waals surface area contributed by atoms with E-state index in [1.165, 1.54) is 57.8 Å². The quantitative estimate of drug-likeness (QED) is 0.0309. The Morgan fingerprint density at radius 1 is 0.750 bits per heavy atom. The number of allylic oxidation sites excluding steroid dienone is 2. The second kappa shape index (κ2) is 25.9. The van der Waals surface area contributed by atoms with Crippen LogP contribution in [0, 0.1) is 0 Å². The molecule has 0 fully saturated rings. The summed E-state index contributed by atoms with van der Waals surface area (Å²) in [7, 11) is 1.66. The highest BCUT2D eigenvalue weighted by Crippen LogP contribution is 2.43. The molecule has 0 aliphatic rings. The summed E-state index contributed by atoms with van der Waals surface area (Å²) in [5, 5.41) is 0. The highest BCUT2D eigenvalue weighted by molar-refractivity contribution is 7.47. The maximum absolute atomic E-state index is 12.4. The topological polar surface area (TPSA) is 91.3 Å². The smallest absolute Gasteiger partial charge is 0.457 e. The third-order valence-electron chi connectivity index (χ3n) is 6.58. The van der Waals surface area contributed by atoms with E-state index < -0.39 is 13.9 Å². The van der Waals surface area contributed by atoms with Gasteiger partial charge in [-0.25, -0.2) is 4.57 Å². The van der Waals surface area contributed by atoms with Gasteiger partial charge in [-0.2, -0.15) is 0 Å². The van der Waals surface area contributed by atoms with Crippen LogP contribution < -0.4 is 0 Å². The summed E-state index contributed by atoms with van der Waals surface area (Å²) in [4.78, 5) is 22.4. The molecule has 0 aromatic heterocycles. The van der Waals surface area contributed by atoms with Gasteiger partial charge in [-0.15, -0.1) is 0 Å². The summed E-state index contributed by atoms with van der Waals surface area (Å²) >= 11 is 0. The molecule has 0 heterocycles. The third kappa shape index (κ3) is 28.8. The van der Waals surface area contributed by atoms with Gasteiger partial charge in [0.1, 0.15) is 19.3 Å². The number of phosphoric acid groups is 1. The van der Waals surface area contributed by atoms with Gasteiger partial charge in [-0.05, 0) is 38.5 Å². The van der Waals surface area contributed by atoms with E-state index in [0.29, 0.717) is 24.1 Å². The van der Waals surface area contributed by atoms with E-state index in [0.717, 1.165) is 44.9 Å². The predicted octanol–water partition coefficient (Wildman–Crippen LogP) is 7.98. The number of hydrogen-bond acceptors (Lipinski definition) is 6. The number of phosphoric ester groups is 1. The molecular formula is C31H63NO7P+. The fraction of sp³-hybridized carbons (Fsp3) is 0.903. The van der Waals surface area contributed by atoms with Crippen molar-refractivity contribution >= 4 is 13.8 Å². The van der Waals surface area contributed by atoms with Crippen LogP contribution >= 0.6 is 7.82 Å². The van der Waals surface area contributed by atoms with Gasteiger partial charge in [-0.3, -0.25) is 13.8 Å². The minimum atomic E-state index is -4.25. The first-order valence-corrected chi connectivity index (χ1v) is 17.4. The van der Waals surface area contributed by atoms with Crippen LogP contribution in [0.15, 0.2) is 12.2 Å². The summed E-state index contributed by atoms with van der Waals surface area (Å²) in [5.74, 6) is -0.330. The van der Waals surface area contributed by atoms with Crippen molar-refractivity contribution in [2.45, 2.75) is 129 Å². The Kier molecular flexibility index (Phi) is 25.4. The van der Waals surface area contributed by atoms with Gasteiger partial charge in [0.2, 0.25) is 0 Å². The van der Waals surface area contributed by atoms with Crippen LogP contribution in [0.25, 0.3) is 0 Å². The molecule has 9 heteroatoms. The molecule has 0 saturated heterocycles. The van der Waals surface area contributed by atoms with E-state index in [1.54, 1.807) is 0 Å². The van der Waals surface area contributed by atoms with Gasteiger partial charge in [0, 0.05) is 13.0 Å². The summed E-state index contributed by atoms with van der Waals surface area (Å²) in [5.41, 5.74) is 0. The van der Waals surface area contributed by atoms with E-state index in [2.05, 4.69) is 26.0 Å². The SMILES string of the molecule is CCCCC/C=C\CCCCCCCCOCC(COP(=O)(O)OCC[N+](C)(C)C)OC(=O)CCCCCCC. The van der Waals surface area contributed by atoms with Gasteiger partial charge >= 0.3 is 13.8 Å². The van der Waals surface area contributed by atoms with Crippen molar-refractivity contribution in [2.24, 2.45) is 0 Å². The molecule has 2 unspecified atom stereocenters. The predicted molar refractivity (Wildman–Crippen MR) is 164 cm³/mol. The van der Waals surface area contributed by atoms with Gasteiger partial charge in [0.25, 0.3) is 0 Å². The van der Waals surface area contributed by atoms with Crippen LogP contribution in [0.3, 0.4) is 0 Å². The lowest BCUT2D eigenvalue weighted by atomic mass is 10.1. The zero-order valence-corrected chi connectivity index (χ0v) is 27.5. The number of hydrogen-bond donors (Lipinski definition) is 1. The molecule has 40 heavy (non-hydrogen) atoms. The molecule has 2 atom stereocenters. The summed E-state index contributed by atoms with van der Waals surface area (Å²) in [6.07, 6.45) is 22.7. The standard InChI is InChI=1S/C31H62NO7P/c1-6-8-10-12-13-14-15-16-17-18-19-21-23-26-36-28-30(39-31(33)24-22-20-11-9-7-2)29-38-40(34,35)37-27-25-32(3,4)5/h13-14,30H,6-12,15-29H2,1-5H3/p+1/b14-13-. The minimum absolute atomic E-state index is 0.0890. The van der Waals surface area contributed by atoms with Gasteiger partial charge in [-0.1, -0.05) is 90.2 Å². The fourth-order valence-corrected chi connectivity index (χ4v) is 4.76. The van der Waals surface area contributed by atoms with Crippen molar-refractivity contribution in [3.8, 4) is 0 Å². The zero-order chi connectivity index (χ0) is 30.0. The first-order valence-electron chi connectivity index (χ1n) is 15.9. The molecule has 0 rings (SSSR count). The van der Waals surface area contributed by atoms with E-state index >= 15 is 0 Å². The minimum Gasteiger partial charge on any atom is -0.457 e. The van der Waals surface area contributed by atoms with Crippen LogP contribution in [-0.4, -0.2) is 75.6 Å². The highest BCUT2D eigenvalue weighted by Gasteiger charge is 2.26. The van der Waals surface area contributed by atoms with Gasteiger partial charge in [0.05, 0.1) is 34.4 Å². The molecule has 0 bridgehead atoms. The van der Waals surface area contributed by atoms with E-state index in [9.17, 15) is 14.3 Å². The monoisotopic (exact) mass is 592 g/mol. The number of unbranched alkanes of at least 4 members (excludes halogenated alkanes) is 13. The third-order valence-corrected chi connectivity index (χ3v) is 7.56. The van der Waals surface area contributed by atoms with Gasteiger partial charge in [0.15, 0.2) is 0 Å². The normalized spacial score (nSPS) is 14.4. The lowest BCUT2D eigenvalue weighted by molar-refractivity contribution is -0.870. The average molecular weight is 593 g/mol. The largest absolute Gasteiger partial charge is 0.472 e. The molecular weight excluding hydrogens is 529 g/mol. The Morgan fingerprint density at radius 2 is 1.30 bits per heavy atom. The molecule has 0 radical (unpaired) electrons. The van der Waals surface area contributed by atoms with Crippen molar-refractivity contribution in [2.75, 3.05) is 54.1 Å². The van der Waals surface area contributed by atoms with E-state index in [4.69, 9.17) is 18.5 Å². The molecule has 0 aliphatic carbocycles. The molecule has 0 aromatic rings. The second-order valence-electron chi connectivity index (χ2n) is 11.8. The molecule has 0 aliphatic heterocycles. The zero-order valence-electron chi connectivity index (χ0n) is 26.6. The van der Waals surface area contributed by atoms with Crippen molar-refractivity contribution in [3.05, 3.63) is 12.2 Å². The molecule has 0 saturated carbocycles. The van der Waals surface area contributed by atoms with E-state index in [1.807, 2.05) is 21.1 Å². The maximum atomic E-state index is 12.4. The summed E-state index contributed by atoms with van der Waals surface area (Å²) in [6, 6.07) is 0. The Labute approximate surface area is 246 Å². The van der Waals surface area contributed by atoms with Crippen LogP contribution in [0.5, 0.6) is 0 Å². The highest BCUT2D eigenvalue weighted by atomic mass is 31.2. The number of carbonyl (C=O) groups is 1. The lowest BCUT2D eigenvalue weighted by Crippen LogP contribution is -2.37. The number of rotatable bonds is 29. The number of esters is 1. The van der Waals surface area contributed by atoms with Crippen LogP contribution in [0.2, 0.25) is 0 Å². The van der Waals surface area contributed by atoms with Crippen molar-refractivity contribution in [1.29, 1.82) is 0 Å². The van der Waals surface area contributed by atoms with Crippen LogP contribution in [-0.2, 0) is 27.9 Å². The molecule has 0 spiro atoms. The number of ether oxygens (including phenoxy) is 2. The van der Waals surface area contributed by atoms with Gasteiger partial charge < -0.3 is 18.9 Å². The van der Waals surface area contributed by atoms with Crippen LogP contribution in [0.4, 0.5) is 0 Å². The maximum Gasteiger partial charge on any atom is 0.472 e. The Hall–Kier alpha value is -0.760. The van der Waals surface area contributed by atoms with Crippen LogP contribution in [0.1, 0.15) is 123 Å². The molecule has 1 N–H and O–H groups in total. The number of carbonyl (C=O) groups excluding carboxylic acids is 1. The first kappa shape index (κ1) is 39.2. The number of likely N-dealkylation sites (N-methyl/N-ethyl adjacent to an activating group) is 1. The van der Waals surface area contributed by atoms with Crippen molar-refractivity contribution < 1.29 is 37.3 Å². The summed E-state index contributed by atoms with van der Waals surface area (Å²) < 4.78 is 34.4. The average Bonchev–Trinajstić information content (AvgIpc) is 2.88. The molecule has 238 valence electrons. The van der Waals surface area contributed by atoms with Crippen molar-refractivity contribution in [1.82, 2.24) is 0 Å². The number of quaternary nitrogens is 1. The fourth-order valence-electron chi connectivity index (χ4n) is 4.01. The van der Waals surface area contributed by atoms with E-state index in [-0.39, 0.29) is 25.8 Å². The Morgan fingerprint density at radius 3 is 1.95 bits per heavy atom. The van der Waals surface area contributed by atoms with Crippen molar-refractivity contribution in [3.63, 3.8) is 0 Å². The first-order chi connectivity index (χ1) is 19.1. The lowest BCUT2D eigenvalue weighted by Gasteiger charge is -2.24. The molecule has 8 nitrogen and oxygen atoms in total. The second-order valence-corrected chi connectivity index (χ2v) is 13.3. The molecule has 0 aromatic carbocycles. The molecule has 0 amide bonds. The Balaban J connectivity index is 4.26. The number of nitrogens with zero attached hydrogens (tertiary/aromatic N) is 1.